The fourth-order valence-electron chi connectivity index (χ4n) is 3.06. The standard InChI is InChI=1S/C20H24N4OS/c1-4-24-15(3)17(14(2)23-24)10-11-21-20(25)18-13-26-19(22-18)12-16-8-6-5-7-9-16/h5-9,13H,4,10-12H2,1-3H3,(H,21,25). The van der Waals surface area contributed by atoms with E-state index in [0.29, 0.717) is 12.2 Å². The van der Waals surface area contributed by atoms with Crippen LogP contribution in [-0.4, -0.2) is 27.2 Å². The lowest BCUT2D eigenvalue weighted by Crippen LogP contribution is -2.26. The fourth-order valence-corrected chi connectivity index (χ4v) is 3.87. The second-order valence-electron chi connectivity index (χ2n) is 6.26. The first-order valence-corrected chi connectivity index (χ1v) is 9.75. The summed E-state index contributed by atoms with van der Waals surface area (Å²) < 4.78 is 2.00. The Labute approximate surface area is 158 Å². The Kier molecular flexibility index (Phi) is 5.83. The van der Waals surface area contributed by atoms with Crippen LogP contribution in [0.1, 0.15) is 44.9 Å². The minimum Gasteiger partial charge on any atom is -0.350 e. The van der Waals surface area contributed by atoms with Crippen molar-refractivity contribution in [2.75, 3.05) is 6.54 Å². The highest BCUT2D eigenvalue weighted by molar-refractivity contribution is 7.09. The molecule has 26 heavy (non-hydrogen) atoms. The maximum Gasteiger partial charge on any atom is 0.270 e. The third kappa shape index (κ3) is 4.19. The summed E-state index contributed by atoms with van der Waals surface area (Å²) in [4.78, 5) is 16.8. The number of carbonyl (C=O) groups excluding carboxylic acids is 1. The molecule has 136 valence electrons. The van der Waals surface area contributed by atoms with Gasteiger partial charge in [0.1, 0.15) is 5.69 Å². The summed E-state index contributed by atoms with van der Waals surface area (Å²) >= 11 is 1.53. The van der Waals surface area contributed by atoms with Crippen molar-refractivity contribution >= 4 is 17.2 Å². The van der Waals surface area contributed by atoms with E-state index in [-0.39, 0.29) is 5.91 Å². The first-order chi connectivity index (χ1) is 12.6. The minimum absolute atomic E-state index is 0.112. The molecule has 6 heteroatoms. The highest BCUT2D eigenvalue weighted by Crippen LogP contribution is 2.15. The van der Waals surface area contributed by atoms with Crippen molar-refractivity contribution in [3.8, 4) is 0 Å². The molecule has 1 amide bonds. The molecule has 5 nitrogen and oxygen atoms in total. The van der Waals surface area contributed by atoms with Gasteiger partial charge in [-0.3, -0.25) is 9.48 Å². The lowest BCUT2D eigenvalue weighted by atomic mass is 10.1. The van der Waals surface area contributed by atoms with Crippen molar-refractivity contribution < 1.29 is 4.79 Å². The molecule has 2 heterocycles. The molecule has 0 spiro atoms. The summed E-state index contributed by atoms with van der Waals surface area (Å²) in [7, 11) is 0. The maximum atomic E-state index is 12.3. The molecule has 1 aromatic carbocycles. The molecule has 3 rings (SSSR count). The molecule has 0 aliphatic heterocycles. The van der Waals surface area contributed by atoms with E-state index in [9.17, 15) is 4.79 Å². The van der Waals surface area contributed by atoms with Crippen LogP contribution in [0.15, 0.2) is 35.7 Å². The van der Waals surface area contributed by atoms with Gasteiger partial charge in [0.15, 0.2) is 0 Å². The molecule has 2 aromatic heterocycles. The highest BCUT2D eigenvalue weighted by atomic mass is 32.1. The quantitative estimate of drug-likeness (QED) is 0.694. The first-order valence-electron chi connectivity index (χ1n) is 8.88. The van der Waals surface area contributed by atoms with Crippen LogP contribution in [0.4, 0.5) is 0 Å². The second-order valence-corrected chi connectivity index (χ2v) is 7.20. The van der Waals surface area contributed by atoms with Gasteiger partial charge in [0.2, 0.25) is 0 Å². The van der Waals surface area contributed by atoms with E-state index >= 15 is 0 Å². The SMILES string of the molecule is CCn1nc(C)c(CCNC(=O)c2csc(Cc3ccccc3)n2)c1C. The largest absolute Gasteiger partial charge is 0.350 e. The number of hydrogen-bond acceptors (Lipinski definition) is 4. The molecule has 0 aliphatic rings. The van der Waals surface area contributed by atoms with Gasteiger partial charge in [0.05, 0.1) is 10.7 Å². The molecule has 0 radical (unpaired) electrons. The van der Waals surface area contributed by atoms with Crippen molar-refractivity contribution in [3.63, 3.8) is 0 Å². The summed E-state index contributed by atoms with van der Waals surface area (Å²) in [5, 5.41) is 10.3. The smallest absolute Gasteiger partial charge is 0.270 e. The number of carbonyl (C=O) groups is 1. The van der Waals surface area contributed by atoms with Crippen LogP contribution in [0.5, 0.6) is 0 Å². The number of benzene rings is 1. The first kappa shape index (κ1) is 18.3. The Morgan fingerprint density at radius 3 is 2.69 bits per heavy atom. The van der Waals surface area contributed by atoms with Gasteiger partial charge in [-0.05, 0) is 38.3 Å². The predicted molar refractivity (Wildman–Crippen MR) is 105 cm³/mol. The Hall–Kier alpha value is -2.47. The van der Waals surface area contributed by atoms with Crippen LogP contribution in [-0.2, 0) is 19.4 Å². The monoisotopic (exact) mass is 368 g/mol. The number of aryl methyl sites for hydroxylation is 2. The molecular weight excluding hydrogens is 344 g/mol. The zero-order chi connectivity index (χ0) is 18.5. The Morgan fingerprint density at radius 1 is 1.23 bits per heavy atom. The molecule has 0 saturated heterocycles. The van der Waals surface area contributed by atoms with Gasteiger partial charge in [0.25, 0.3) is 5.91 Å². The molecule has 3 aromatic rings. The number of nitrogens with one attached hydrogen (secondary N) is 1. The summed E-state index contributed by atoms with van der Waals surface area (Å²) in [6.07, 6.45) is 1.54. The third-order valence-electron chi connectivity index (χ3n) is 4.47. The topological polar surface area (TPSA) is 59.8 Å². The number of amides is 1. The lowest BCUT2D eigenvalue weighted by molar-refractivity contribution is 0.0949. The van der Waals surface area contributed by atoms with Gasteiger partial charge in [-0.2, -0.15) is 5.10 Å². The van der Waals surface area contributed by atoms with Crippen LogP contribution in [0.3, 0.4) is 0 Å². The van der Waals surface area contributed by atoms with Crippen molar-refractivity contribution in [2.45, 2.75) is 40.2 Å². The number of nitrogens with zero attached hydrogens (tertiary/aromatic N) is 3. The molecule has 0 bridgehead atoms. The molecule has 0 aliphatic carbocycles. The van der Waals surface area contributed by atoms with Crippen LogP contribution >= 0.6 is 11.3 Å². The van der Waals surface area contributed by atoms with Crippen molar-refractivity contribution in [3.05, 3.63) is 68.9 Å². The second kappa shape index (κ2) is 8.27. The van der Waals surface area contributed by atoms with Gasteiger partial charge in [-0.25, -0.2) is 4.98 Å². The Morgan fingerprint density at radius 2 is 2.00 bits per heavy atom. The number of aromatic nitrogens is 3. The molecule has 0 saturated carbocycles. The van der Waals surface area contributed by atoms with E-state index in [1.165, 1.54) is 28.2 Å². The zero-order valence-electron chi connectivity index (χ0n) is 15.5. The fraction of sp³-hybridized carbons (Fsp3) is 0.350. The zero-order valence-corrected chi connectivity index (χ0v) is 16.3. The molecule has 1 N–H and O–H groups in total. The number of thiazole rings is 1. The summed E-state index contributed by atoms with van der Waals surface area (Å²) in [5.41, 5.74) is 5.14. The number of rotatable bonds is 7. The molecule has 0 unspecified atom stereocenters. The average Bonchev–Trinajstić information content (AvgIpc) is 3.21. The van der Waals surface area contributed by atoms with Crippen LogP contribution in [0.2, 0.25) is 0 Å². The lowest BCUT2D eigenvalue weighted by Gasteiger charge is -2.05. The summed E-state index contributed by atoms with van der Waals surface area (Å²) in [6, 6.07) is 10.2. The normalized spacial score (nSPS) is 10.9. The van der Waals surface area contributed by atoms with Crippen molar-refractivity contribution in [1.29, 1.82) is 0 Å². The van der Waals surface area contributed by atoms with E-state index in [1.54, 1.807) is 0 Å². The summed E-state index contributed by atoms with van der Waals surface area (Å²) in [5.74, 6) is -0.112. The predicted octanol–water partition coefficient (Wildman–Crippen LogP) is 3.54. The molecule has 0 atom stereocenters. The van der Waals surface area contributed by atoms with Gasteiger partial charge in [-0.1, -0.05) is 30.3 Å². The van der Waals surface area contributed by atoms with E-state index < -0.39 is 0 Å². The van der Waals surface area contributed by atoms with E-state index in [0.717, 1.165) is 30.1 Å². The third-order valence-corrected chi connectivity index (χ3v) is 5.32. The van der Waals surface area contributed by atoms with Crippen LogP contribution < -0.4 is 5.32 Å². The maximum absolute atomic E-state index is 12.3. The molecule has 0 fully saturated rings. The van der Waals surface area contributed by atoms with Crippen LogP contribution in [0, 0.1) is 13.8 Å². The van der Waals surface area contributed by atoms with Gasteiger partial charge >= 0.3 is 0 Å². The van der Waals surface area contributed by atoms with Gasteiger partial charge < -0.3 is 5.32 Å². The van der Waals surface area contributed by atoms with Crippen molar-refractivity contribution in [2.24, 2.45) is 0 Å². The van der Waals surface area contributed by atoms with E-state index in [4.69, 9.17) is 0 Å². The number of hydrogen-bond donors (Lipinski definition) is 1. The van der Waals surface area contributed by atoms with Gasteiger partial charge in [-0.15, -0.1) is 11.3 Å². The Bertz CT molecular complexity index is 883. The van der Waals surface area contributed by atoms with Crippen LogP contribution in [0.25, 0.3) is 0 Å². The van der Waals surface area contributed by atoms with Gasteiger partial charge in [0, 0.05) is 30.6 Å². The summed E-state index contributed by atoms with van der Waals surface area (Å²) in [6.45, 7) is 7.63. The molecular formula is C20H24N4OS. The van der Waals surface area contributed by atoms with E-state index in [1.807, 2.05) is 35.2 Å². The Balaban J connectivity index is 1.55. The van der Waals surface area contributed by atoms with Crippen molar-refractivity contribution in [1.82, 2.24) is 20.1 Å². The average molecular weight is 369 g/mol. The highest BCUT2D eigenvalue weighted by Gasteiger charge is 2.13. The van der Waals surface area contributed by atoms with E-state index in [2.05, 4.69) is 41.4 Å². The minimum atomic E-state index is -0.112.